The van der Waals surface area contributed by atoms with Crippen LogP contribution in [0.3, 0.4) is 0 Å². The van der Waals surface area contributed by atoms with Crippen LogP contribution in [0.5, 0.6) is 11.5 Å². The minimum absolute atomic E-state index is 0.00554. The van der Waals surface area contributed by atoms with Gasteiger partial charge < -0.3 is 9.47 Å². The number of hydrogen-bond acceptors (Lipinski definition) is 5. The monoisotopic (exact) mass is 323 g/mol. The van der Waals surface area contributed by atoms with Crippen molar-refractivity contribution in [3.63, 3.8) is 0 Å². The molecule has 0 aliphatic heterocycles. The second-order valence-corrected chi connectivity index (χ2v) is 4.67. The maximum atomic E-state index is 12.0. The standard InChI is InChI=1S/C18H17N3O3/c1-2-23-16-9-5-15(6-10-16)18(22)21-20-13-14-3-7-17(8-4-14)24-12-11-19/h3-10,13H,2,12H2,1H3,(H,21,22)/b20-13-. The number of hydrazone groups is 1. The maximum absolute atomic E-state index is 12.0. The van der Waals surface area contributed by atoms with Gasteiger partial charge in [0, 0.05) is 5.56 Å². The summed E-state index contributed by atoms with van der Waals surface area (Å²) in [7, 11) is 0. The normalized spacial score (nSPS) is 10.2. The van der Waals surface area contributed by atoms with Crippen LogP contribution in [0.2, 0.25) is 0 Å². The first-order valence-electron chi connectivity index (χ1n) is 7.39. The SMILES string of the molecule is CCOc1ccc(C(=O)N/N=C\c2ccc(OCC#N)cc2)cc1. The van der Waals surface area contributed by atoms with Crippen LogP contribution in [0.4, 0.5) is 0 Å². The average Bonchev–Trinajstić information content (AvgIpc) is 2.62. The van der Waals surface area contributed by atoms with Crippen molar-refractivity contribution in [1.29, 1.82) is 5.26 Å². The fourth-order valence-electron chi connectivity index (χ4n) is 1.86. The molecule has 6 heteroatoms. The minimum Gasteiger partial charge on any atom is -0.494 e. The van der Waals surface area contributed by atoms with Gasteiger partial charge >= 0.3 is 0 Å². The van der Waals surface area contributed by atoms with Crippen LogP contribution in [0, 0.1) is 11.3 Å². The molecule has 0 spiro atoms. The highest BCUT2D eigenvalue weighted by atomic mass is 16.5. The smallest absolute Gasteiger partial charge is 0.271 e. The topological polar surface area (TPSA) is 83.7 Å². The molecule has 0 bridgehead atoms. The molecule has 0 radical (unpaired) electrons. The van der Waals surface area contributed by atoms with Crippen LogP contribution in [0.25, 0.3) is 0 Å². The Hall–Kier alpha value is -3.33. The molecule has 0 atom stereocenters. The van der Waals surface area contributed by atoms with Crippen molar-refractivity contribution in [3.05, 3.63) is 59.7 Å². The van der Waals surface area contributed by atoms with Gasteiger partial charge in [0.1, 0.15) is 17.6 Å². The number of amides is 1. The molecule has 122 valence electrons. The molecular formula is C18H17N3O3. The molecule has 6 nitrogen and oxygen atoms in total. The Morgan fingerprint density at radius 3 is 2.38 bits per heavy atom. The predicted molar refractivity (Wildman–Crippen MR) is 90.2 cm³/mol. The Kier molecular flexibility index (Phi) is 6.35. The summed E-state index contributed by atoms with van der Waals surface area (Å²) in [5.74, 6) is 1.02. The van der Waals surface area contributed by atoms with E-state index in [9.17, 15) is 4.79 Å². The Balaban J connectivity index is 1.88. The van der Waals surface area contributed by atoms with Crippen LogP contribution in [0.15, 0.2) is 53.6 Å². The lowest BCUT2D eigenvalue weighted by Crippen LogP contribution is -2.17. The molecule has 2 aromatic carbocycles. The van der Waals surface area contributed by atoms with Gasteiger partial charge in [-0.1, -0.05) is 0 Å². The Bertz CT molecular complexity index is 732. The van der Waals surface area contributed by atoms with E-state index in [4.69, 9.17) is 14.7 Å². The molecule has 24 heavy (non-hydrogen) atoms. The zero-order chi connectivity index (χ0) is 17.2. The maximum Gasteiger partial charge on any atom is 0.271 e. The molecule has 2 aromatic rings. The van der Waals surface area contributed by atoms with Crippen molar-refractivity contribution in [1.82, 2.24) is 5.43 Å². The van der Waals surface area contributed by atoms with E-state index in [0.717, 1.165) is 11.3 Å². The van der Waals surface area contributed by atoms with Crippen molar-refractivity contribution in [2.75, 3.05) is 13.2 Å². The van der Waals surface area contributed by atoms with Gasteiger partial charge in [-0.15, -0.1) is 0 Å². The van der Waals surface area contributed by atoms with Gasteiger partial charge in [0.05, 0.1) is 12.8 Å². The zero-order valence-electron chi connectivity index (χ0n) is 13.2. The fourth-order valence-corrected chi connectivity index (χ4v) is 1.86. The molecule has 1 N–H and O–H groups in total. The summed E-state index contributed by atoms with van der Waals surface area (Å²) in [6.07, 6.45) is 1.53. The summed E-state index contributed by atoms with van der Waals surface area (Å²) in [6.45, 7) is 2.49. The van der Waals surface area contributed by atoms with Gasteiger partial charge in [-0.3, -0.25) is 4.79 Å². The van der Waals surface area contributed by atoms with Gasteiger partial charge in [-0.2, -0.15) is 10.4 Å². The van der Waals surface area contributed by atoms with Gasteiger partial charge in [-0.05, 0) is 61.0 Å². The van der Waals surface area contributed by atoms with Crippen molar-refractivity contribution in [2.45, 2.75) is 6.92 Å². The second-order valence-electron chi connectivity index (χ2n) is 4.67. The molecular weight excluding hydrogens is 306 g/mol. The lowest BCUT2D eigenvalue weighted by atomic mass is 10.2. The van der Waals surface area contributed by atoms with Gasteiger partial charge in [0.2, 0.25) is 0 Å². The first kappa shape index (κ1) is 17.0. The molecule has 0 aromatic heterocycles. The molecule has 0 saturated carbocycles. The van der Waals surface area contributed by atoms with Crippen LogP contribution < -0.4 is 14.9 Å². The number of hydrogen-bond donors (Lipinski definition) is 1. The van der Waals surface area contributed by atoms with Crippen molar-refractivity contribution < 1.29 is 14.3 Å². The van der Waals surface area contributed by atoms with E-state index < -0.39 is 0 Å². The largest absolute Gasteiger partial charge is 0.494 e. The lowest BCUT2D eigenvalue weighted by molar-refractivity contribution is 0.0955. The first-order chi connectivity index (χ1) is 11.7. The highest BCUT2D eigenvalue weighted by Gasteiger charge is 2.04. The summed E-state index contributed by atoms with van der Waals surface area (Å²) >= 11 is 0. The summed E-state index contributed by atoms with van der Waals surface area (Å²) in [4.78, 5) is 12.0. The number of nitriles is 1. The predicted octanol–water partition coefficient (Wildman–Crippen LogP) is 2.75. The van der Waals surface area contributed by atoms with E-state index >= 15 is 0 Å². The highest BCUT2D eigenvalue weighted by molar-refractivity contribution is 5.95. The van der Waals surface area contributed by atoms with Crippen molar-refractivity contribution in [2.24, 2.45) is 5.10 Å². The summed E-state index contributed by atoms with van der Waals surface area (Å²) < 4.78 is 10.5. The molecule has 0 aliphatic carbocycles. The van der Waals surface area contributed by atoms with Crippen LogP contribution in [0.1, 0.15) is 22.8 Å². The molecule has 0 saturated heterocycles. The number of carbonyl (C=O) groups excluding carboxylic acids is 1. The zero-order valence-corrected chi connectivity index (χ0v) is 13.2. The van der Waals surface area contributed by atoms with Crippen molar-refractivity contribution >= 4 is 12.1 Å². The van der Waals surface area contributed by atoms with Gasteiger partial charge in [0.15, 0.2) is 6.61 Å². The fraction of sp³-hybridized carbons (Fsp3) is 0.167. The number of ether oxygens (including phenoxy) is 2. The number of carbonyl (C=O) groups is 1. The minimum atomic E-state index is -0.303. The molecule has 2 rings (SSSR count). The van der Waals surface area contributed by atoms with E-state index in [1.807, 2.05) is 13.0 Å². The number of nitrogens with one attached hydrogen (secondary N) is 1. The van der Waals surface area contributed by atoms with Gasteiger partial charge in [0.25, 0.3) is 5.91 Å². The molecule has 0 aliphatic rings. The van der Waals surface area contributed by atoms with E-state index in [1.54, 1.807) is 48.5 Å². The summed E-state index contributed by atoms with van der Waals surface area (Å²) in [5.41, 5.74) is 3.76. The Morgan fingerprint density at radius 2 is 1.75 bits per heavy atom. The summed E-state index contributed by atoms with van der Waals surface area (Å²) in [6, 6.07) is 15.7. The Morgan fingerprint density at radius 1 is 1.12 bits per heavy atom. The lowest BCUT2D eigenvalue weighted by Gasteiger charge is -2.04. The molecule has 1 amide bonds. The average molecular weight is 323 g/mol. The number of nitrogens with zero attached hydrogens (tertiary/aromatic N) is 2. The molecule has 0 fully saturated rings. The number of benzene rings is 2. The van der Waals surface area contributed by atoms with Gasteiger partial charge in [-0.25, -0.2) is 5.43 Å². The Labute approximate surface area is 140 Å². The van der Waals surface area contributed by atoms with Crippen molar-refractivity contribution in [3.8, 4) is 17.6 Å². The quantitative estimate of drug-likeness (QED) is 0.627. The van der Waals surface area contributed by atoms with E-state index in [1.165, 1.54) is 6.21 Å². The summed E-state index contributed by atoms with van der Waals surface area (Å²) in [5, 5.41) is 12.4. The molecule has 0 heterocycles. The van der Waals surface area contributed by atoms with E-state index in [2.05, 4.69) is 10.5 Å². The van der Waals surface area contributed by atoms with E-state index in [-0.39, 0.29) is 12.5 Å². The third-order valence-corrected chi connectivity index (χ3v) is 2.99. The van der Waals surface area contributed by atoms with Crippen LogP contribution >= 0.6 is 0 Å². The highest BCUT2D eigenvalue weighted by Crippen LogP contribution is 2.12. The second kappa shape index (κ2) is 8.96. The molecule has 0 unspecified atom stereocenters. The number of rotatable bonds is 7. The van der Waals surface area contributed by atoms with Crippen LogP contribution in [-0.2, 0) is 0 Å². The third-order valence-electron chi connectivity index (χ3n) is 2.99. The first-order valence-corrected chi connectivity index (χ1v) is 7.39. The van der Waals surface area contributed by atoms with E-state index in [0.29, 0.717) is 17.9 Å². The third kappa shape index (κ3) is 5.14. The van der Waals surface area contributed by atoms with Crippen LogP contribution in [-0.4, -0.2) is 25.3 Å².